The zero-order valence-corrected chi connectivity index (χ0v) is 28.8. The Hall–Kier alpha value is -4.33. The third-order valence-corrected chi connectivity index (χ3v) is 11.5. The fourth-order valence-electron chi connectivity index (χ4n) is 7.00. The monoisotopic (exact) mass is 678 g/mol. The highest BCUT2D eigenvalue weighted by Gasteiger charge is 2.60. The molecule has 2 saturated heterocycles. The van der Waals surface area contributed by atoms with Crippen molar-refractivity contribution in [2.75, 3.05) is 72.0 Å². The smallest absolute Gasteiger partial charge is 0.411 e. The van der Waals surface area contributed by atoms with Crippen LogP contribution in [0.2, 0.25) is 0 Å². The molecule has 13 heteroatoms. The molecule has 0 radical (unpaired) electrons. The number of rotatable bonds is 8. The van der Waals surface area contributed by atoms with Gasteiger partial charge in [0.15, 0.2) is 0 Å². The van der Waals surface area contributed by atoms with E-state index < -0.39 is 27.6 Å². The number of hydrogen-bond donors (Lipinski definition) is 0. The first-order chi connectivity index (χ1) is 23.0. The van der Waals surface area contributed by atoms with Gasteiger partial charge in [-0.25, -0.2) is 13.2 Å². The van der Waals surface area contributed by atoms with Crippen LogP contribution in [0.15, 0.2) is 65.6 Å². The van der Waals surface area contributed by atoms with Gasteiger partial charge >= 0.3 is 6.09 Å². The summed E-state index contributed by atoms with van der Waals surface area (Å²) in [6, 6.07) is 16.3. The van der Waals surface area contributed by atoms with E-state index in [0.29, 0.717) is 59.2 Å². The summed E-state index contributed by atoms with van der Waals surface area (Å²) in [7, 11) is 1.78. The van der Waals surface area contributed by atoms with Gasteiger partial charge in [0.25, 0.3) is 15.9 Å². The van der Waals surface area contributed by atoms with Gasteiger partial charge in [-0.2, -0.15) is 4.31 Å². The largest absolute Gasteiger partial charge is 0.497 e. The van der Waals surface area contributed by atoms with Gasteiger partial charge in [-0.1, -0.05) is 24.3 Å². The van der Waals surface area contributed by atoms with Crippen molar-refractivity contribution in [2.45, 2.75) is 36.3 Å². The molecule has 2 amide bonds. The van der Waals surface area contributed by atoms with Crippen LogP contribution < -0.4 is 18.5 Å². The van der Waals surface area contributed by atoms with Crippen molar-refractivity contribution in [1.82, 2.24) is 14.7 Å². The molecule has 3 aromatic carbocycles. The minimum Gasteiger partial charge on any atom is -0.497 e. The number of hydrogen-bond acceptors (Lipinski definition) is 10. The zero-order chi connectivity index (χ0) is 34.2. The molecule has 12 nitrogen and oxygen atoms in total. The minimum absolute atomic E-state index is 0.00919. The second-order valence-electron chi connectivity index (χ2n) is 12.4. The van der Waals surface area contributed by atoms with Crippen LogP contribution in [0.5, 0.6) is 17.2 Å². The quantitative estimate of drug-likeness (QED) is 0.348. The maximum Gasteiger partial charge on any atom is 0.411 e. The number of sulfonamides is 1. The number of aryl methyl sites for hydroxylation is 1. The molecule has 3 aliphatic rings. The van der Waals surface area contributed by atoms with Crippen molar-refractivity contribution in [3.05, 3.63) is 77.4 Å². The second-order valence-corrected chi connectivity index (χ2v) is 14.2. The molecule has 3 aliphatic heterocycles. The molecule has 6 rings (SSSR count). The number of carbonyl (C=O) groups excluding carboxylic acids is 2. The Kier molecular flexibility index (Phi) is 9.29. The molecular formula is C35H42N4O8S. The first kappa shape index (κ1) is 33.6. The number of benzene rings is 3. The van der Waals surface area contributed by atoms with E-state index in [2.05, 4.69) is 16.8 Å². The summed E-state index contributed by atoms with van der Waals surface area (Å²) >= 11 is 0. The number of piperazine rings is 1. The van der Waals surface area contributed by atoms with E-state index in [1.807, 2.05) is 0 Å². The molecule has 0 N–H and O–H groups in total. The average Bonchev–Trinajstić information content (AvgIpc) is 3.35. The van der Waals surface area contributed by atoms with Crippen LogP contribution in [-0.4, -0.2) is 109 Å². The number of piperidine rings is 1. The van der Waals surface area contributed by atoms with Crippen molar-refractivity contribution >= 4 is 27.7 Å². The molecule has 0 aromatic heterocycles. The standard InChI is InChI=1S/C35H42N4O8S/c1-24-8-6-7-9-28(24)35(47-34(41)38-20-18-37(19-21-38)25-14-16-36(2)17-15-25)29-22-26(44-3)10-12-30(29)39(33(35)40)48(42,43)32-13-11-27(45-4)23-31(32)46-5/h6-13,22-23,25H,14-21H2,1-5H3. The number of likely N-dealkylation sites (tertiary alicyclic amines) is 1. The SMILES string of the molecule is COc1ccc(S(=O)(=O)N2C(=O)C(OC(=O)N3CCN(C4CCN(C)CC4)CC3)(c3ccccc3C)c3cc(OC)ccc32)c(OC)c1. The molecular weight excluding hydrogens is 636 g/mol. The highest BCUT2D eigenvalue weighted by Crippen LogP contribution is 2.52. The van der Waals surface area contributed by atoms with Crippen molar-refractivity contribution in [2.24, 2.45) is 0 Å². The van der Waals surface area contributed by atoms with Gasteiger partial charge in [-0.3, -0.25) is 9.69 Å². The Bertz CT molecular complexity index is 1800. The lowest BCUT2D eigenvalue weighted by Crippen LogP contribution is -2.55. The highest BCUT2D eigenvalue weighted by atomic mass is 32.2. The van der Waals surface area contributed by atoms with E-state index in [1.165, 1.54) is 45.6 Å². The summed E-state index contributed by atoms with van der Waals surface area (Å²) in [6.45, 7) is 6.06. The topological polar surface area (TPSA) is 118 Å². The Labute approximate surface area is 281 Å². The summed E-state index contributed by atoms with van der Waals surface area (Å²) < 4.78 is 52.4. The van der Waals surface area contributed by atoms with Gasteiger partial charge in [0.1, 0.15) is 22.1 Å². The molecule has 48 heavy (non-hydrogen) atoms. The molecule has 0 spiro atoms. The number of methoxy groups -OCH3 is 3. The third kappa shape index (κ3) is 5.73. The van der Waals surface area contributed by atoms with E-state index in [9.17, 15) is 13.2 Å². The summed E-state index contributed by atoms with van der Waals surface area (Å²) in [5.74, 6) is -0.215. The Balaban J connectivity index is 1.42. The Morgan fingerprint density at radius 1 is 0.812 bits per heavy atom. The van der Waals surface area contributed by atoms with Crippen LogP contribution in [0.25, 0.3) is 0 Å². The van der Waals surface area contributed by atoms with Crippen molar-refractivity contribution < 1.29 is 37.0 Å². The second kappa shape index (κ2) is 13.3. The van der Waals surface area contributed by atoms with E-state index in [1.54, 1.807) is 48.2 Å². The molecule has 0 aliphatic carbocycles. The van der Waals surface area contributed by atoms with Crippen molar-refractivity contribution in [3.63, 3.8) is 0 Å². The Morgan fingerprint density at radius 3 is 2.10 bits per heavy atom. The average molecular weight is 679 g/mol. The molecule has 256 valence electrons. The molecule has 0 saturated carbocycles. The first-order valence-electron chi connectivity index (χ1n) is 16.0. The first-order valence-corrected chi connectivity index (χ1v) is 17.5. The lowest BCUT2D eigenvalue weighted by Gasteiger charge is -2.42. The maximum absolute atomic E-state index is 15.0. The maximum atomic E-state index is 15.0. The predicted octanol–water partition coefficient (Wildman–Crippen LogP) is 3.85. The van der Waals surface area contributed by atoms with Crippen molar-refractivity contribution in [3.8, 4) is 17.2 Å². The van der Waals surface area contributed by atoms with E-state index in [4.69, 9.17) is 18.9 Å². The van der Waals surface area contributed by atoms with Crippen molar-refractivity contribution in [1.29, 1.82) is 0 Å². The molecule has 3 heterocycles. The van der Waals surface area contributed by atoms with E-state index >= 15 is 4.79 Å². The minimum atomic E-state index is -4.62. The number of amides is 2. The summed E-state index contributed by atoms with van der Waals surface area (Å²) in [6.07, 6.45) is 1.45. The summed E-state index contributed by atoms with van der Waals surface area (Å²) in [5.41, 5.74) is -0.926. The van der Waals surface area contributed by atoms with E-state index in [0.717, 1.165) is 25.9 Å². The zero-order valence-electron chi connectivity index (χ0n) is 28.0. The predicted molar refractivity (Wildman–Crippen MR) is 179 cm³/mol. The van der Waals surface area contributed by atoms with E-state index in [-0.39, 0.29) is 21.9 Å². The van der Waals surface area contributed by atoms with Crippen LogP contribution in [0.1, 0.15) is 29.5 Å². The molecule has 1 unspecified atom stereocenters. The van der Waals surface area contributed by atoms with Gasteiger partial charge in [0, 0.05) is 49.4 Å². The van der Waals surface area contributed by atoms with Gasteiger partial charge in [-0.15, -0.1) is 0 Å². The van der Waals surface area contributed by atoms with Crippen LogP contribution in [0.3, 0.4) is 0 Å². The number of nitrogens with zero attached hydrogens (tertiary/aromatic N) is 4. The molecule has 3 aromatic rings. The van der Waals surface area contributed by atoms with Crippen LogP contribution in [0, 0.1) is 6.92 Å². The number of anilines is 1. The molecule has 2 fully saturated rings. The molecule has 1 atom stereocenters. The van der Waals surface area contributed by atoms with Gasteiger partial charge < -0.3 is 28.7 Å². The van der Waals surface area contributed by atoms with Crippen LogP contribution >= 0.6 is 0 Å². The van der Waals surface area contributed by atoms with Gasteiger partial charge in [-0.05, 0) is 75.8 Å². The lowest BCUT2D eigenvalue weighted by molar-refractivity contribution is -0.132. The number of fused-ring (bicyclic) bond motifs is 1. The normalized spacial score (nSPS) is 20.8. The highest BCUT2D eigenvalue weighted by molar-refractivity contribution is 7.93. The van der Waals surface area contributed by atoms with Gasteiger partial charge in [0.05, 0.1) is 27.0 Å². The summed E-state index contributed by atoms with van der Waals surface area (Å²) in [4.78, 5) is 35.3. The fourth-order valence-corrected chi connectivity index (χ4v) is 8.60. The van der Waals surface area contributed by atoms with Gasteiger partial charge in [0.2, 0.25) is 5.60 Å². The number of ether oxygens (including phenoxy) is 4. The number of carbonyl (C=O) groups is 2. The fraction of sp³-hybridized carbons (Fsp3) is 0.429. The van der Waals surface area contributed by atoms with Crippen LogP contribution in [-0.2, 0) is 25.2 Å². The van der Waals surface area contributed by atoms with Crippen LogP contribution in [0.4, 0.5) is 10.5 Å². The third-order valence-electron chi connectivity index (χ3n) is 9.72. The summed E-state index contributed by atoms with van der Waals surface area (Å²) in [5, 5.41) is 0. The molecule has 0 bridgehead atoms. The lowest BCUT2D eigenvalue weighted by atomic mass is 9.84. The Morgan fingerprint density at radius 2 is 1.46 bits per heavy atom.